The summed E-state index contributed by atoms with van der Waals surface area (Å²) < 4.78 is 12.9. The monoisotopic (exact) mass is 269 g/mol. The van der Waals surface area contributed by atoms with Crippen LogP contribution in [0.1, 0.15) is 45.3 Å². The Kier molecular flexibility index (Phi) is 7.52. The Labute approximate surface area is 116 Å². The highest BCUT2D eigenvalue weighted by Gasteiger charge is 2.20. The predicted octanol–water partition coefficient (Wildman–Crippen LogP) is 2.38. The number of rotatable bonds is 10. The average Bonchev–Trinajstić information content (AvgIpc) is 2.85. The van der Waals surface area contributed by atoms with E-state index in [1.165, 1.54) is 0 Å². The highest BCUT2D eigenvalue weighted by Crippen LogP contribution is 2.27. The Bertz CT molecular complexity index is 331. The molecule has 5 heteroatoms. The van der Waals surface area contributed by atoms with Crippen LogP contribution < -0.4 is 10.1 Å². The fourth-order valence-electron chi connectivity index (χ4n) is 2.14. The van der Waals surface area contributed by atoms with Crippen LogP contribution >= 0.6 is 0 Å². The first-order valence-electron chi connectivity index (χ1n) is 7.19. The Balaban J connectivity index is 2.84. The quantitative estimate of drug-likeness (QED) is 0.663. The Morgan fingerprint density at radius 3 is 2.74 bits per heavy atom. The zero-order valence-corrected chi connectivity index (χ0v) is 12.6. The molecule has 1 N–H and O–H groups in total. The molecule has 0 bridgehead atoms. The molecule has 0 aliphatic carbocycles. The predicted molar refractivity (Wildman–Crippen MR) is 76.6 cm³/mol. The van der Waals surface area contributed by atoms with Gasteiger partial charge in [0, 0.05) is 19.8 Å². The van der Waals surface area contributed by atoms with Gasteiger partial charge in [0.05, 0.1) is 25.0 Å². The second-order valence-electron chi connectivity index (χ2n) is 4.41. The van der Waals surface area contributed by atoms with E-state index in [1.54, 1.807) is 13.3 Å². The zero-order chi connectivity index (χ0) is 14.1. The van der Waals surface area contributed by atoms with E-state index in [2.05, 4.69) is 24.3 Å². The Hall–Kier alpha value is -1.07. The molecular formula is C14H27N3O2. The van der Waals surface area contributed by atoms with Crippen molar-refractivity contribution in [1.82, 2.24) is 15.1 Å². The van der Waals surface area contributed by atoms with Gasteiger partial charge in [-0.1, -0.05) is 6.92 Å². The van der Waals surface area contributed by atoms with Crippen molar-refractivity contribution < 1.29 is 9.47 Å². The summed E-state index contributed by atoms with van der Waals surface area (Å²) in [5, 5.41) is 7.93. The molecule has 1 atom stereocenters. The molecule has 1 aromatic heterocycles. The maximum atomic E-state index is 5.48. The molecule has 0 radical (unpaired) electrons. The van der Waals surface area contributed by atoms with Gasteiger partial charge < -0.3 is 14.8 Å². The molecule has 1 rings (SSSR count). The van der Waals surface area contributed by atoms with Gasteiger partial charge in [-0.25, -0.2) is 0 Å². The molecule has 0 spiro atoms. The third-order valence-corrected chi connectivity index (χ3v) is 3.09. The summed E-state index contributed by atoms with van der Waals surface area (Å²) in [6, 6.07) is 0.226. The van der Waals surface area contributed by atoms with E-state index in [4.69, 9.17) is 9.47 Å². The van der Waals surface area contributed by atoms with Crippen LogP contribution in [-0.4, -0.2) is 36.6 Å². The summed E-state index contributed by atoms with van der Waals surface area (Å²) in [4.78, 5) is 0. The van der Waals surface area contributed by atoms with Crippen LogP contribution in [0.2, 0.25) is 0 Å². The summed E-state index contributed by atoms with van der Waals surface area (Å²) in [5.41, 5.74) is 1.12. The van der Waals surface area contributed by atoms with Crippen molar-refractivity contribution in [2.75, 3.05) is 26.9 Å². The van der Waals surface area contributed by atoms with Crippen molar-refractivity contribution >= 4 is 0 Å². The van der Waals surface area contributed by atoms with Crippen molar-refractivity contribution in [1.29, 1.82) is 0 Å². The smallest absolute Gasteiger partial charge is 0.161 e. The number of aromatic nitrogens is 2. The highest BCUT2D eigenvalue weighted by atomic mass is 16.5. The van der Waals surface area contributed by atoms with Crippen LogP contribution in [0.15, 0.2) is 6.20 Å². The molecule has 0 fully saturated rings. The largest absolute Gasteiger partial charge is 0.493 e. The molecule has 0 aromatic carbocycles. The highest BCUT2D eigenvalue weighted by molar-refractivity contribution is 5.28. The standard InChI is InChI=1S/C14H27N3O2/c1-5-9-15-12(8-10-19-7-3)14-13(18-4)11-16-17(14)6-2/h11-12,15H,5-10H2,1-4H3. The lowest BCUT2D eigenvalue weighted by Gasteiger charge is -2.20. The van der Waals surface area contributed by atoms with Crippen LogP contribution in [-0.2, 0) is 11.3 Å². The molecular weight excluding hydrogens is 242 g/mol. The van der Waals surface area contributed by atoms with Gasteiger partial charge in [0.25, 0.3) is 0 Å². The number of hydrogen-bond acceptors (Lipinski definition) is 4. The lowest BCUT2D eigenvalue weighted by molar-refractivity contribution is 0.135. The second-order valence-corrected chi connectivity index (χ2v) is 4.41. The van der Waals surface area contributed by atoms with Crippen molar-refractivity contribution in [2.24, 2.45) is 0 Å². The molecule has 19 heavy (non-hydrogen) atoms. The van der Waals surface area contributed by atoms with E-state index >= 15 is 0 Å². The molecule has 0 saturated carbocycles. The van der Waals surface area contributed by atoms with E-state index in [9.17, 15) is 0 Å². The third-order valence-electron chi connectivity index (χ3n) is 3.09. The minimum Gasteiger partial charge on any atom is -0.493 e. The first kappa shape index (κ1) is 16.0. The summed E-state index contributed by atoms with van der Waals surface area (Å²) in [7, 11) is 1.69. The molecule has 5 nitrogen and oxygen atoms in total. The number of nitrogens with one attached hydrogen (secondary N) is 1. The summed E-state index contributed by atoms with van der Waals surface area (Å²) in [6.45, 7) is 9.61. The fraction of sp³-hybridized carbons (Fsp3) is 0.786. The van der Waals surface area contributed by atoms with E-state index in [-0.39, 0.29) is 6.04 Å². The van der Waals surface area contributed by atoms with Crippen LogP contribution in [0.25, 0.3) is 0 Å². The lowest BCUT2D eigenvalue weighted by Crippen LogP contribution is -2.26. The topological polar surface area (TPSA) is 48.3 Å². The van der Waals surface area contributed by atoms with E-state index in [1.807, 2.05) is 11.6 Å². The SMILES string of the molecule is CCCNC(CCOCC)c1c(OC)cnn1CC. The molecule has 0 aliphatic rings. The number of aryl methyl sites for hydroxylation is 1. The third kappa shape index (κ3) is 4.51. The van der Waals surface area contributed by atoms with Crippen LogP contribution in [0.5, 0.6) is 5.75 Å². The lowest BCUT2D eigenvalue weighted by atomic mass is 10.1. The van der Waals surface area contributed by atoms with Crippen molar-refractivity contribution in [3.8, 4) is 5.75 Å². The van der Waals surface area contributed by atoms with E-state index in [0.29, 0.717) is 0 Å². The second kappa shape index (κ2) is 8.93. The van der Waals surface area contributed by atoms with Gasteiger partial charge in [0.15, 0.2) is 5.75 Å². The van der Waals surface area contributed by atoms with Crippen molar-refractivity contribution in [3.63, 3.8) is 0 Å². The Morgan fingerprint density at radius 2 is 2.16 bits per heavy atom. The van der Waals surface area contributed by atoms with Gasteiger partial charge >= 0.3 is 0 Å². The molecule has 0 amide bonds. The normalized spacial score (nSPS) is 12.6. The zero-order valence-electron chi connectivity index (χ0n) is 12.6. The summed E-state index contributed by atoms with van der Waals surface area (Å²) in [5.74, 6) is 0.854. The van der Waals surface area contributed by atoms with Crippen molar-refractivity contribution in [3.05, 3.63) is 11.9 Å². The minimum atomic E-state index is 0.226. The van der Waals surface area contributed by atoms with Crippen LogP contribution in [0.3, 0.4) is 0 Å². The van der Waals surface area contributed by atoms with Gasteiger partial charge in [-0.2, -0.15) is 5.10 Å². The molecule has 110 valence electrons. The van der Waals surface area contributed by atoms with Gasteiger partial charge in [-0.3, -0.25) is 4.68 Å². The van der Waals surface area contributed by atoms with Crippen molar-refractivity contribution in [2.45, 2.75) is 46.2 Å². The number of nitrogens with zero attached hydrogens (tertiary/aromatic N) is 2. The maximum absolute atomic E-state index is 5.48. The maximum Gasteiger partial charge on any atom is 0.161 e. The van der Waals surface area contributed by atoms with E-state index < -0.39 is 0 Å². The first-order chi connectivity index (χ1) is 9.28. The molecule has 0 saturated heterocycles. The van der Waals surface area contributed by atoms with Gasteiger partial charge in [0.2, 0.25) is 0 Å². The minimum absolute atomic E-state index is 0.226. The average molecular weight is 269 g/mol. The fourth-order valence-corrected chi connectivity index (χ4v) is 2.14. The van der Waals surface area contributed by atoms with Crippen LogP contribution in [0.4, 0.5) is 0 Å². The molecule has 1 heterocycles. The van der Waals surface area contributed by atoms with Crippen LogP contribution in [0, 0.1) is 0 Å². The number of hydrogen-bond donors (Lipinski definition) is 1. The first-order valence-corrected chi connectivity index (χ1v) is 7.19. The summed E-state index contributed by atoms with van der Waals surface area (Å²) >= 11 is 0. The molecule has 1 unspecified atom stereocenters. The Morgan fingerprint density at radius 1 is 1.37 bits per heavy atom. The number of methoxy groups -OCH3 is 1. The molecule has 1 aromatic rings. The van der Waals surface area contributed by atoms with Gasteiger partial charge in [-0.05, 0) is 33.2 Å². The number of ether oxygens (including phenoxy) is 2. The van der Waals surface area contributed by atoms with Gasteiger partial charge in [-0.15, -0.1) is 0 Å². The molecule has 0 aliphatic heterocycles. The summed E-state index contributed by atoms with van der Waals surface area (Å²) in [6.07, 6.45) is 3.82. The van der Waals surface area contributed by atoms with E-state index in [0.717, 1.165) is 50.6 Å². The van der Waals surface area contributed by atoms with Gasteiger partial charge in [0.1, 0.15) is 0 Å².